The standard InChI is InChI=1S/C36H48N2O7S/c1-24-4-8-28(9-5-24)46(42,43)38-20-18-37(19-21-38)33(40)45-27-12-15-34(2)26(22-27)7-10-31-30(34)13-16-35(3)29(14-17-36(31,35)41)25-6-11-32(39)44-23-25/h4-6,8-9,11,23,26-27,29-31,41H,7,10,12-22H2,1-3H3. The molecule has 4 saturated carbocycles. The first-order valence-corrected chi connectivity index (χ1v) is 18.6. The van der Waals surface area contributed by atoms with Gasteiger partial charge in [-0.25, -0.2) is 18.0 Å². The molecular weight excluding hydrogens is 604 g/mol. The highest BCUT2D eigenvalue weighted by molar-refractivity contribution is 7.89. The van der Waals surface area contributed by atoms with E-state index in [-0.39, 0.29) is 58.5 Å². The number of piperazine rings is 1. The minimum atomic E-state index is -3.60. The average Bonchev–Trinajstić information content (AvgIpc) is 3.32. The summed E-state index contributed by atoms with van der Waals surface area (Å²) in [4.78, 5) is 26.8. The molecule has 5 fully saturated rings. The maximum atomic E-state index is 13.2. The number of benzene rings is 1. The van der Waals surface area contributed by atoms with Crippen LogP contribution in [0.1, 0.15) is 88.7 Å². The van der Waals surface area contributed by atoms with E-state index in [1.165, 1.54) is 10.4 Å². The molecule has 4 aliphatic carbocycles. The fraction of sp³-hybridized carbons (Fsp3) is 0.667. The van der Waals surface area contributed by atoms with E-state index in [0.29, 0.717) is 24.9 Å². The lowest BCUT2D eigenvalue weighted by atomic mass is 9.43. The Hall–Kier alpha value is -2.69. The number of aliphatic hydroxyl groups is 1. The van der Waals surface area contributed by atoms with Gasteiger partial charge in [-0.1, -0.05) is 31.5 Å². The van der Waals surface area contributed by atoms with Gasteiger partial charge in [0.1, 0.15) is 6.10 Å². The molecule has 250 valence electrons. The fourth-order valence-electron chi connectivity index (χ4n) is 10.6. The van der Waals surface area contributed by atoms with Gasteiger partial charge in [0.2, 0.25) is 10.0 Å². The minimum Gasteiger partial charge on any atom is -0.446 e. The second-order valence-corrected chi connectivity index (χ2v) is 17.3. The summed E-state index contributed by atoms with van der Waals surface area (Å²) < 4.78 is 39.0. The molecule has 1 N–H and O–H groups in total. The Balaban J connectivity index is 0.967. The van der Waals surface area contributed by atoms with E-state index in [4.69, 9.17) is 9.15 Å². The highest BCUT2D eigenvalue weighted by Gasteiger charge is 2.67. The van der Waals surface area contributed by atoms with E-state index in [1.54, 1.807) is 35.4 Å². The van der Waals surface area contributed by atoms with Crippen LogP contribution >= 0.6 is 0 Å². The Bertz CT molecular complexity index is 1610. The molecule has 46 heavy (non-hydrogen) atoms. The third kappa shape index (κ3) is 5.05. The molecule has 0 radical (unpaired) electrons. The normalized spacial score (nSPS) is 38.0. The summed E-state index contributed by atoms with van der Waals surface area (Å²) in [5, 5.41) is 12.5. The first-order valence-electron chi connectivity index (χ1n) is 17.2. The third-order valence-electron chi connectivity index (χ3n) is 13.4. The average molecular weight is 653 g/mol. The van der Waals surface area contributed by atoms with Crippen LogP contribution in [0, 0.1) is 35.5 Å². The van der Waals surface area contributed by atoms with Gasteiger partial charge in [0, 0.05) is 37.7 Å². The van der Waals surface area contributed by atoms with Crippen LogP contribution < -0.4 is 5.63 Å². The summed E-state index contributed by atoms with van der Waals surface area (Å²) in [5.41, 5.74) is 0.775. The molecule has 2 aromatic rings. The highest BCUT2D eigenvalue weighted by Crippen LogP contribution is 2.70. The molecule has 0 bridgehead atoms. The monoisotopic (exact) mass is 652 g/mol. The highest BCUT2D eigenvalue weighted by atomic mass is 32.2. The van der Waals surface area contributed by atoms with E-state index in [2.05, 4.69) is 13.8 Å². The predicted molar refractivity (Wildman–Crippen MR) is 173 cm³/mol. The van der Waals surface area contributed by atoms with Gasteiger partial charge in [0.05, 0.1) is 16.8 Å². The Morgan fingerprint density at radius 3 is 2.35 bits per heavy atom. The van der Waals surface area contributed by atoms with E-state index in [9.17, 15) is 23.1 Å². The Morgan fingerprint density at radius 1 is 0.913 bits per heavy atom. The number of rotatable bonds is 4. The van der Waals surface area contributed by atoms with Crippen molar-refractivity contribution in [2.45, 2.75) is 101 Å². The molecule has 10 heteroatoms. The molecule has 2 heterocycles. The zero-order valence-electron chi connectivity index (χ0n) is 27.3. The summed E-state index contributed by atoms with van der Waals surface area (Å²) in [6.45, 7) is 7.74. The maximum Gasteiger partial charge on any atom is 0.410 e. The van der Waals surface area contributed by atoms with E-state index in [1.807, 2.05) is 13.0 Å². The molecule has 1 saturated heterocycles. The van der Waals surface area contributed by atoms with Crippen molar-refractivity contribution in [2.24, 2.45) is 28.6 Å². The van der Waals surface area contributed by atoms with E-state index >= 15 is 0 Å². The number of carbonyl (C=O) groups excluding carboxylic acids is 1. The predicted octanol–water partition coefficient (Wildman–Crippen LogP) is 5.70. The maximum absolute atomic E-state index is 13.2. The lowest BCUT2D eigenvalue weighted by Gasteiger charge is -2.63. The lowest BCUT2D eigenvalue weighted by molar-refractivity contribution is -0.205. The lowest BCUT2D eigenvalue weighted by Crippen LogP contribution is -2.62. The van der Waals surface area contributed by atoms with Gasteiger partial charge in [-0.3, -0.25) is 0 Å². The second kappa shape index (κ2) is 11.5. The number of ether oxygens (including phenoxy) is 1. The smallest absolute Gasteiger partial charge is 0.410 e. The van der Waals surface area contributed by atoms with Crippen molar-refractivity contribution < 1.29 is 27.5 Å². The largest absolute Gasteiger partial charge is 0.446 e. The van der Waals surface area contributed by atoms with Gasteiger partial charge in [0.25, 0.3) is 0 Å². The molecule has 5 aliphatic rings. The fourth-order valence-corrected chi connectivity index (χ4v) is 12.0. The van der Waals surface area contributed by atoms with Crippen LogP contribution in [0.4, 0.5) is 4.79 Å². The first kappa shape index (κ1) is 31.9. The van der Waals surface area contributed by atoms with Crippen LogP contribution in [-0.2, 0) is 14.8 Å². The molecule has 7 rings (SSSR count). The van der Waals surface area contributed by atoms with Crippen LogP contribution in [-0.4, -0.2) is 66.7 Å². The van der Waals surface area contributed by atoms with E-state index in [0.717, 1.165) is 68.9 Å². The topological polar surface area (TPSA) is 117 Å². The number of amides is 1. The number of carbonyl (C=O) groups is 1. The SMILES string of the molecule is Cc1ccc(S(=O)(=O)N2CCN(C(=O)OC3CCC4(C)C(CCC5C4CCC4(C)C(c6ccc(=O)oc6)CCC54O)C3)CC2)cc1. The van der Waals surface area contributed by atoms with Crippen LogP contribution in [0.5, 0.6) is 0 Å². The van der Waals surface area contributed by atoms with E-state index < -0.39 is 15.6 Å². The quantitative estimate of drug-likeness (QED) is 0.450. The second-order valence-electron chi connectivity index (χ2n) is 15.3. The van der Waals surface area contributed by atoms with Crippen molar-refractivity contribution in [1.29, 1.82) is 0 Å². The molecule has 1 amide bonds. The number of hydrogen-bond acceptors (Lipinski definition) is 7. The van der Waals surface area contributed by atoms with Crippen molar-refractivity contribution in [3.8, 4) is 0 Å². The van der Waals surface area contributed by atoms with Gasteiger partial charge in [-0.2, -0.15) is 4.31 Å². The molecule has 1 aromatic heterocycles. The number of hydrogen-bond donors (Lipinski definition) is 1. The summed E-state index contributed by atoms with van der Waals surface area (Å²) in [6.07, 6.45) is 9.43. The Kier molecular flexibility index (Phi) is 7.96. The number of fused-ring (bicyclic) bond motifs is 5. The summed E-state index contributed by atoms with van der Waals surface area (Å²) >= 11 is 0. The van der Waals surface area contributed by atoms with Crippen molar-refractivity contribution in [2.75, 3.05) is 26.2 Å². The van der Waals surface area contributed by atoms with Gasteiger partial charge in [0.15, 0.2) is 0 Å². The number of aryl methyl sites for hydroxylation is 1. The van der Waals surface area contributed by atoms with Crippen LogP contribution in [0.25, 0.3) is 0 Å². The van der Waals surface area contributed by atoms with Gasteiger partial charge in [-0.05, 0) is 118 Å². The van der Waals surface area contributed by atoms with Crippen molar-refractivity contribution in [3.63, 3.8) is 0 Å². The van der Waals surface area contributed by atoms with Crippen molar-refractivity contribution in [3.05, 3.63) is 64.2 Å². The Labute approximate surface area is 272 Å². The Morgan fingerprint density at radius 2 is 1.65 bits per heavy atom. The van der Waals surface area contributed by atoms with Crippen molar-refractivity contribution in [1.82, 2.24) is 9.21 Å². The zero-order valence-corrected chi connectivity index (χ0v) is 28.1. The molecule has 1 aliphatic heterocycles. The van der Waals surface area contributed by atoms with Crippen LogP contribution in [0.15, 0.2) is 56.8 Å². The molecule has 8 unspecified atom stereocenters. The third-order valence-corrected chi connectivity index (χ3v) is 15.3. The molecular formula is C36H48N2O7S. The van der Waals surface area contributed by atoms with Gasteiger partial charge in [-0.15, -0.1) is 0 Å². The number of nitrogens with zero attached hydrogens (tertiary/aromatic N) is 2. The van der Waals surface area contributed by atoms with Gasteiger partial charge >= 0.3 is 11.7 Å². The minimum absolute atomic E-state index is 0.0937. The molecule has 9 nitrogen and oxygen atoms in total. The molecule has 1 aromatic carbocycles. The first-order chi connectivity index (χ1) is 21.8. The van der Waals surface area contributed by atoms with Gasteiger partial charge < -0.3 is 19.2 Å². The summed E-state index contributed by atoms with van der Waals surface area (Å²) in [7, 11) is -3.60. The summed E-state index contributed by atoms with van der Waals surface area (Å²) in [6, 6.07) is 10.3. The van der Waals surface area contributed by atoms with Crippen LogP contribution in [0.3, 0.4) is 0 Å². The summed E-state index contributed by atoms with van der Waals surface area (Å²) in [5.74, 6) is 1.27. The zero-order chi connectivity index (χ0) is 32.5. The molecule has 0 spiro atoms. The number of sulfonamides is 1. The molecule has 8 atom stereocenters. The van der Waals surface area contributed by atoms with Crippen LogP contribution in [0.2, 0.25) is 0 Å². The van der Waals surface area contributed by atoms with Crippen molar-refractivity contribution >= 4 is 16.1 Å².